The van der Waals surface area contributed by atoms with Gasteiger partial charge in [-0.05, 0) is 55.8 Å². The highest BCUT2D eigenvalue weighted by Crippen LogP contribution is 2.32. The number of aliphatic imine (C=N–C) groups is 1. The first-order valence-electron chi connectivity index (χ1n) is 8.88. The van der Waals surface area contributed by atoms with Crippen molar-refractivity contribution in [2.45, 2.75) is 32.1 Å². The van der Waals surface area contributed by atoms with Crippen molar-refractivity contribution >= 4 is 11.4 Å². The third-order valence-corrected chi connectivity index (χ3v) is 4.72. The van der Waals surface area contributed by atoms with Crippen molar-refractivity contribution in [2.24, 2.45) is 4.99 Å². The summed E-state index contributed by atoms with van der Waals surface area (Å²) in [5, 5.41) is 3.62. The molecular formula is C22H23N3O. The van der Waals surface area contributed by atoms with Crippen molar-refractivity contribution in [1.29, 1.82) is 0 Å². The van der Waals surface area contributed by atoms with E-state index in [4.69, 9.17) is 4.74 Å². The maximum atomic E-state index is 6.30. The molecule has 1 aromatic carbocycles. The zero-order valence-corrected chi connectivity index (χ0v) is 15.1. The number of allylic oxidation sites excluding steroid dienone is 2. The van der Waals surface area contributed by atoms with Gasteiger partial charge in [0.25, 0.3) is 0 Å². The number of aromatic nitrogens is 1. The molecule has 0 fully saturated rings. The number of hydrogen-bond donors (Lipinski definition) is 2. The lowest BCUT2D eigenvalue weighted by Gasteiger charge is -2.30. The van der Waals surface area contributed by atoms with E-state index in [1.807, 2.05) is 49.5 Å². The smallest absolute Gasteiger partial charge is 0.105 e. The monoisotopic (exact) mass is 345 g/mol. The number of nitrogens with zero attached hydrogens (tertiary/aromatic N) is 1. The molecule has 1 aromatic heterocycles. The van der Waals surface area contributed by atoms with Gasteiger partial charge in [0, 0.05) is 11.9 Å². The molecule has 2 atom stereocenters. The minimum absolute atomic E-state index is 0.0991. The molecule has 0 bridgehead atoms. The second-order valence-electron chi connectivity index (χ2n) is 6.94. The molecule has 0 radical (unpaired) electrons. The quantitative estimate of drug-likeness (QED) is 0.852. The minimum Gasteiger partial charge on any atom is -0.372 e. The molecule has 3 heterocycles. The van der Waals surface area contributed by atoms with Gasteiger partial charge in [-0.25, -0.2) is 0 Å². The van der Waals surface area contributed by atoms with Crippen LogP contribution in [0, 0.1) is 0 Å². The van der Waals surface area contributed by atoms with E-state index in [-0.39, 0.29) is 11.6 Å². The maximum absolute atomic E-state index is 6.30. The second-order valence-corrected chi connectivity index (χ2v) is 6.94. The van der Waals surface area contributed by atoms with Gasteiger partial charge >= 0.3 is 0 Å². The van der Waals surface area contributed by atoms with Crippen molar-refractivity contribution in [1.82, 2.24) is 10.3 Å². The van der Waals surface area contributed by atoms with Crippen LogP contribution in [0.1, 0.15) is 25.1 Å². The average molecular weight is 345 g/mol. The summed E-state index contributed by atoms with van der Waals surface area (Å²) in [6.07, 6.45) is 10.2. The van der Waals surface area contributed by atoms with Crippen LogP contribution in [-0.4, -0.2) is 22.3 Å². The number of hydrogen-bond acceptors (Lipinski definition) is 3. The zero-order chi connectivity index (χ0) is 18.0. The second kappa shape index (κ2) is 6.81. The molecule has 26 heavy (non-hydrogen) atoms. The van der Waals surface area contributed by atoms with E-state index in [0.717, 1.165) is 22.8 Å². The first-order chi connectivity index (χ1) is 12.6. The Morgan fingerprint density at radius 1 is 1.15 bits per heavy atom. The summed E-state index contributed by atoms with van der Waals surface area (Å²) in [5.74, 6) is 0. The van der Waals surface area contributed by atoms with Crippen LogP contribution in [0.2, 0.25) is 0 Å². The molecule has 0 spiro atoms. The van der Waals surface area contributed by atoms with Gasteiger partial charge in [-0.15, -0.1) is 0 Å². The topological polar surface area (TPSA) is 49.4 Å². The fourth-order valence-corrected chi connectivity index (χ4v) is 3.35. The van der Waals surface area contributed by atoms with Crippen LogP contribution < -0.4 is 5.32 Å². The molecule has 2 unspecified atom stereocenters. The predicted molar refractivity (Wildman–Crippen MR) is 106 cm³/mol. The molecule has 132 valence electrons. The van der Waals surface area contributed by atoms with Gasteiger partial charge in [0.1, 0.15) is 6.10 Å². The van der Waals surface area contributed by atoms with Crippen LogP contribution in [0.15, 0.2) is 83.7 Å². The van der Waals surface area contributed by atoms with Gasteiger partial charge in [-0.2, -0.15) is 0 Å². The van der Waals surface area contributed by atoms with Gasteiger partial charge in [0.2, 0.25) is 0 Å². The Hall–Kier alpha value is -2.85. The third kappa shape index (κ3) is 3.41. The molecule has 0 saturated carbocycles. The van der Waals surface area contributed by atoms with Crippen molar-refractivity contribution < 1.29 is 4.74 Å². The van der Waals surface area contributed by atoms with Crippen LogP contribution in [-0.2, 0) is 11.3 Å². The van der Waals surface area contributed by atoms with Crippen LogP contribution in [0.3, 0.4) is 0 Å². The van der Waals surface area contributed by atoms with E-state index in [9.17, 15) is 0 Å². The molecule has 4 nitrogen and oxygen atoms in total. The molecule has 4 rings (SSSR count). The van der Waals surface area contributed by atoms with Gasteiger partial charge in [0.05, 0.1) is 29.2 Å². The molecule has 0 saturated heterocycles. The van der Waals surface area contributed by atoms with Crippen molar-refractivity contribution in [3.63, 3.8) is 0 Å². The largest absolute Gasteiger partial charge is 0.372 e. The summed E-state index contributed by atoms with van der Waals surface area (Å²) in [4.78, 5) is 7.84. The lowest BCUT2D eigenvalue weighted by atomic mass is 9.95. The Morgan fingerprint density at radius 2 is 2.00 bits per heavy atom. The summed E-state index contributed by atoms with van der Waals surface area (Å²) in [6.45, 7) is 4.73. The van der Waals surface area contributed by atoms with Gasteiger partial charge < -0.3 is 15.0 Å². The number of aromatic amines is 1. The molecular weight excluding hydrogens is 322 g/mol. The lowest BCUT2D eigenvalue weighted by molar-refractivity contribution is 0.0395. The molecule has 0 aliphatic carbocycles. The van der Waals surface area contributed by atoms with E-state index in [1.54, 1.807) is 0 Å². The summed E-state index contributed by atoms with van der Waals surface area (Å²) >= 11 is 0. The minimum atomic E-state index is -0.372. The van der Waals surface area contributed by atoms with E-state index >= 15 is 0 Å². The fourth-order valence-electron chi connectivity index (χ4n) is 3.35. The molecule has 4 heteroatoms. The van der Waals surface area contributed by atoms with Crippen LogP contribution in [0.25, 0.3) is 5.70 Å². The highest BCUT2D eigenvalue weighted by atomic mass is 16.5. The fraction of sp³-hybridized carbons (Fsp3) is 0.227. The van der Waals surface area contributed by atoms with Crippen molar-refractivity contribution in [3.05, 3.63) is 89.9 Å². The van der Waals surface area contributed by atoms with Gasteiger partial charge in [-0.3, -0.25) is 4.99 Å². The van der Waals surface area contributed by atoms with E-state index in [1.165, 1.54) is 5.56 Å². The normalized spacial score (nSPS) is 26.1. The van der Waals surface area contributed by atoms with E-state index in [0.29, 0.717) is 6.61 Å². The number of nitrogens with one attached hydrogen (secondary N) is 2. The summed E-state index contributed by atoms with van der Waals surface area (Å²) in [5.41, 5.74) is 4.89. The summed E-state index contributed by atoms with van der Waals surface area (Å²) in [6, 6.07) is 14.3. The lowest BCUT2D eigenvalue weighted by Crippen LogP contribution is -2.45. The average Bonchev–Trinajstić information content (AvgIpc) is 3.35. The van der Waals surface area contributed by atoms with E-state index in [2.05, 4.69) is 52.6 Å². The van der Waals surface area contributed by atoms with Crippen LogP contribution >= 0.6 is 0 Å². The Morgan fingerprint density at radius 3 is 2.69 bits per heavy atom. The summed E-state index contributed by atoms with van der Waals surface area (Å²) in [7, 11) is 0. The van der Waals surface area contributed by atoms with Crippen molar-refractivity contribution in [2.75, 3.05) is 0 Å². The number of H-pyrrole nitrogens is 1. The van der Waals surface area contributed by atoms with Gasteiger partial charge in [-0.1, -0.05) is 30.3 Å². The first kappa shape index (κ1) is 16.6. The first-order valence-corrected chi connectivity index (χ1v) is 8.88. The molecule has 2 aromatic rings. The standard InChI is InChI=1S/C22H23N3O/c1-16-10-11-18(24-16)14-22(2)21(26-15-17-7-4-3-5-8-17)13-20(25-22)19-9-6-12-23-19/h3-14,21,23,25H,15H2,1-2H3. The zero-order valence-electron chi connectivity index (χ0n) is 15.1. The van der Waals surface area contributed by atoms with Crippen LogP contribution in [0.5, 0.6) is 0 Å². The molecule has 0 amide bonds. The molecule has 2 aliphatic heterocycles. The number of rotatable bonds is 5. The highest BCUT2D eigenvalue weighted by molar-refractivity contribution is 5.96. The number of ether oxygens (including phenoxy) is 1. The molecule has 2 N–H and O–H groups in total. The Balaban J connectivity index is 1.60. The van der Waals surface area contributed by atoms with Crippen LogP contribution in [0.4, 0.5) is 0 Å². The Bertz CT molecular complexity index is 891. The Labute approximate surface area is 154 Å². The Kier molecular flexibility index (Phi) is 4.35. The third-order valence-electron chi connectivity index (χ3n) is 4.72. The number of benzene rings is 1. The van der Waals surface area contributed by atoms with Crippen molar-refractivity contribution in [3.8, 4) is 0 Å². The van der Waals surface area contributed by atoms with Gasteiger partial charge in [0.15, 0.2) is 0 Å². The maximum Gasteiger partial charge on any atom is 0.105 e. The highest BCUT2D eigenvalue weighted by Gasteiger charge is 2.38. The molecule has 2 aliphatic rings. The SMILES string of the molecule is CC1=NC(=CC2(C)NC(c3ccc[nH]3)=CC2OCc2ccccc2)C=C1. The summed E-state index contributed by atoms with van der Waals surface area (Å²) < 4.78 is 6.30. The predicted octanol–water partition coefficient (Wildman–Crippen LogP) is 4.22. The van der Waals surface area contributed by atoms with E-state index < -0.39 is 0 Å².